The number of nitrogen functional groups attached to an aromatic ring is 1. The summed E-state index contributed by atoms with van der Waals surface area (Å²) >= 11 is 1.77. The predicted molar refractivity (Wildman–Crippen MR) is 148 cm³/mol. The number of rotatable bonds is 3. The second kappa shape index (κ2) is 13.8. The summed E-state index contributed by atoms with van der Waals surface area (Å²) in [6.45, 7) is 8.04. The summed E-state index contributed by atoms with van der Waals surface area (Å²) in [6, 6.07) is 12.6. The van der Waals surface area contributed by atoms with E-state index in [-0.39, 0.29) is 31.1 Å². The van der Waals surface area contributed by atoms with Crippen LogP contribution in [0.5, 0.6) is 0 Å². The monoisotopic (exact) mass is 738 g/mol. The Morgan fingerprint density at radius 3 is 2.54 bits per heavy atom. The third kappa shape index (κ3) is 8.60. The van der Waals surface area contributed by atoms with E-state index in [0.717, 1.165) is 47.5 Å². The van der Waals surface area contributed by atoms with Crippen molar-refractivity contribution >= 4 is 17.2 Å². The summed E-state index contributed by atoms with van der Waals surface area (Å²) in [5, 5.41) is 11.6. The Morgan fingerprint density at radius 2 is 1.89 bits per heavy atom. The molecule has 3 N–H and O–H groups in total. The van der Waals surface area contributed by atoms with E-state index in [1.165, 1.54) is 30.7 Å². The van der Waals surface area contributed by atoms with Crippen molar-refractivity contribution in [3.63, 3.8) is 0 Å². The molecule has 3 aromatic rings. The first-order valence-electron chi connectivity index (χ1n) is 12.8. The number of thiazole rings is 1. The van der Waals surface area contributed by atoms with Crippen LogP contribution >= 0.6 is 11.3 Å². The van der Waals surface area contributed by atoms with Gasteiger partial charge in [0.15, 0.2) is 0 Å². The molecule has 1 unspecified atom stereocenters. The number of hydrogen-bond acceptors (Lipinski definition) is 6. The molecule has 1 aliphatic carbocycles. The van der Waals surface area contributed by atoms with Gasteiger partial charge >= 0.3 is 31.1 Å². The molecule has 1 aliphatic heterocycles. The Labute approximate surface area is 249 Å². The number of nitrogens with two attached hydrogens (primary N) is 1. The molecule has 5 rings (SSSR count). The zero-order chi connectivity index (χ0) is 25.5. The zero-order valence-corrected chi connectivity index (χ0v) is 26.8. The van der Waals surface area contributed by atoms with Crippen LogP contribution in [0.4, 0.5) is 5.82 Å². The van der Waals surface area contributed by atoms with Gasteiger partial charge in [-0.3, -0.25) is 9.97 Å². The van der Waals surface area contributed by atoms with Crippen molar-refractivity contribution in [3.8, 4) is 22.3 Å². The first kappa shape index (κ1) is 29.8. The average molecular weight is 739 g/mol. The van der Waals surface area contributed by atoms with Gasteiger partial charge in [0.1, 0.15) is 5.60 Å². The molecule has 3 heterocycles. The van der Waals surface area contributed by atoms with Crippen molar-refractivity contribution in [2.75, 3.05) is 25.9 Å². The molecule has 0 spiro atoms. The minimum atomic E-state index is -0.853. The van der Waals surface area contributed by atoms with Crippen molar-refractivity contribution in [1.82, 2.24) is 14.9 Å². The van der Waals surface area contributed by atoms with Crippen LogP contribution < -0.4 is 5.73 Å². The van der Waals surface area contributed by atoms with Crippen molar-refractivity contribution in [1.29, 1.82) is 0 Å². The van der Waals surface area contributed by atoms with E-state index < -0.39 is 5.60 Å². The Balaban J connectivity index is 0.000000201. The summed E-state index contributed by atoms with van der Waals surface area (Å²) in [5.74, 6) is 7.46. The Bertz CT molecular complexity index is 1180. The number of pyridine rings is 1. The average Bonchev–Trinajstić information content (AvgIpc) is 3.58. The number of piperidine rings is 1. The quantitative estimate of drug-likeness (QED) is 0.272. The van der Waals surface area contributed by atoms with E-state index in [1.54, 1.807) is 17.5 Å². The van der Waals surface area contributed by atoms with Crippen molar-refractivity contribution in [2.24, 2.45) is 5.92 Å². The van der Waals surface area contributed by atoms with Gasteiger partial charge in [0.05, 0.1) is 5.01 Å². The molecule has 1 saturated heterocycles. The Hall–Kier alpha value is -1.80. The second-order valence-corrected chi connectivity index (χ2v) is 11.2. The minimum Gasteiger partial charge on any atom is -0.399 e. The molecule has 7 heteroatoms. The first-order chi connectivity index (χ1) is 17.3. The number of hydrogen-bond donors (Lipinski definition) is 2. The number of benzene rings is 1. The molecule has 37 heavy (non-hydrogen) atoms. The predicted octanol–water partition coefficient (Wildman–Crippen LogP) is 5.56. The van der Waals surface area contributed by atoms with Crippen LogP contribution in [0.1, 0.15) is 67.5 Å². The standard InChI is InChI=1S/C16H19O.C14H17N4S.U/c1-13-6-5-7-14(12-13)10-11-16(2,17)15-8-3-4-9-15;1-18-6-4-10(5-7-18)14-17-9-12(19-14)11-2-3-13(15)16-8-11;/h5-7,12,15,17H,1,3-4,8-9H2,2H3;2,8-10H,4-7H2,1H3,(H2,15,16);/q2*-1;+2. The number of likely N-dealkylation sites (tertiary alicyclic amines) is 1. The maximum absolute atomic E-state index is 10.4. The zero-order valence-electron chi connectivity index (χ0n) is 21.8. The van der Waals surface area contributed by atoms with E-state index in [1.807, 2.05) is 43.5 Å². The maximum atomic E-state index is 10.4. The molecular formula is C30H36N4OSU. The van der Waals surface area contributed by atoms with E-state index >= 15 is 0 Å². The van der Waals surface area contributed by atoms with Crippen LogP contribution in [-0.4, -0.2) is 45.7 Å². The van der Waals surface area contributed by atoms with Gasteiger partial charge in [-0.05, 0) is 75.3 Å². The number of nitrogens with zero attached hydrogens (tertiary/aromatic N) is 3. The van der Waals surface area contributed by atoms with Crippen molar-refractivity contribution in [3.05, 3.63) is 71.9 Å². The topological polar surface area (TPSA) is 75.3 Å². The maximum Gasteiger partial charge on any atom is 2.00 e. The fourth-order valence-electron chi connectivity index (χ4n) is 4.80. The molecule has 2 fully saturated rings. The van der Waals surface area contributed by atoms with E-state index in [4.69, 9.17) is 5.73 Å². The summed E-state index contributed by atoms with van der Waals surface area (Å²) in [4.78, 5) is 12.2. The number of aromatic nitrogens is 2. The second-order valence-electron chi connectivity index (χ2n) is 10.1. The molecule has 2 aliphatic rings. The third-order valence-corrected chi connectivity index (χ3v) is 8.34. The molecule has 0 amide bonds. The SMILES string of the molecule is CN1CCC(c2ncc(-c3c[c-]c(N)nc3)s2)CC1.[CH2-]c1cccc(C#CC(C)(O)C2CCCC2)c1.[U+2]. The molecule has 5 nitrogen and oxygen atoms in total. The first-order valence-corrected chi connectivity index (χ1v) is 13.6. The van der Waals surface area contributed by atoms with Crippen molar-refractivity contribution in [2.45, 2.75) is 57.0 Å². The third-order valence-electron chi connectivity index (χ3n) is 7.13. The molecule has 0 radical (unpaired) electrons. The normalized spacial score (nSPS) is 18.0. The van der Waals surface area contributed by atoms with Crippen LogP contribution in [0, 0.1) is 61.9 Å². The van der Waals surface area contributed by atoms with E-state index in [9.17, 15) is 5.11 Å². The number of anilines is 1. The summed E-state index contributed by atoms with van der Waals surface area (Å²) < 4.78 is 0. The molecule has 192 valence electrons. The summed E-state index contributed by atoms with van der Waals surface area (Å²) in [5.41, 5.74) is 7.63. The summed E-state index contributed by atoms with van der Waals surface area (Å²) in [7, 11) is 2.18. The summed E-state index contributed by atoms with van der Waals surface area (Å²) in [6.07, 6.45) is 10.8. The van der Waals surface area contributed by atoms with Crippen LogP contribution in [0.3, 0.4) is 0 Å². The fraction of sp³-hybridized carbons (Fsp3) is 0.433. The molecule has 0 bridgehead atoms. The van der Waals surface area contributed by atoms with Gasteiger partial charge in [-0.25, -0.2) is 12.1 Å². The van der Waals surface area contributed by atoms with E-state index in [0.29, 0.717) is 17.7 Å². The molecule has 1 aromatic carbocycles. The molecular weight excluding hydrogens is 702 g/mol. The van der Waals surface area contributed by atoms with Crippen LogP contribution in [0.25, 0.3) is 10.4 Å². The van der Waals surface area contributed by atoms with E-state index in [2.05, 4.69) is 46.7 Å². The van der Waals surface area contributed by atoms with Gasteiger partial charge in [-0.2, -0.15) is 18.6 Å². The van der Waals surface area contributed by atoms with Gasteiger partial charge in [0.2, 0.25) is 0 Å². The smallest absolute Gasteiger partial charge is 0.399 e. The van der Waals surface area contributed by atoms with Crippen LogP contribution in [-0.2, 0) is 0 Å². The van der Waals surface area contributed by atoms with Crippen LogP contribution in [0.15, 0.2) is 42.7 Å². The number of aliphatic hydroxyl groups is 1. The molecule has 2 aromatic heterocycles. The molecule has 1 saturated carbocycles. The Kier molecular flexibility index (Phi) is 11.1. The largest absolute Gasteiger partial charge is 2.00 e. The van der Waals surface area contributed by atoms with Gasteiger partial charge in [0, 0.05) is 17.9 Å². The van der Waals surface area contributed by atoms with Gasteiger partial charge in [-0.1, -0.05) is 30.7 Å². The van der Waals surface area contributed by atoms with Gasteiger partial charge < -0.3 is 15.7 Å². The van der Waals surface area contributed by atoms with Crippen molar-refractivity contribution < 1.29 is 36.2 Å². The van der Waals surface area contributed by atoms with Gasteiger partial charge in [-0.15, -0.1) is 29.0 Å². The Morgan fingerprint density at radius 1 is 1.16 bits per heavy atom. The fourth-order valence-corrected chi connectivity index (χ4v) is 5.87. The van der Waals surface area contributed by atoms with Crippen LogP contribution in [0.2, 0.25) is 0 Å². The molecule has 1 atom stereocenters. The minimum absolute atomic E-state index is 0. The van der Waals surface area contributed by atoms with Gasteiger partial charge in [0.25, 0.3) is 0 Å².